The van der Waals surface area contributed by atoms with E-state index in [0.717, 1.165) is 27.6 Å². The van der Waals surface area contributed by atoms with Crippen LogP contribution in [-0.2, 0) is 11.3 Å². The molecule has 0 saturated carbocycles. The number of benzene rings is 3. The summed E-state index contributed by atoms with van der Waals surface area (Å²) in [4.78, 5) is 26.1. The van der Waals surface area contributed by atoms with Gasteiger partial charge in [0.05, 0.1) is 13.7 Å². The summed E-state index contributed by atoms with van der Waals surface area (Å²) in [6.45, 7) is 2.40. The summed E-state index contributed by atoms with van der Waals surface area (Å²) < 4.78 is 5.25. The Hall–Kier alpha value is -3.34. The van der Waals surface area contributed by atoms with Gasteiger partial charge in [0, 0.05) is 19.2 Å². The lowest BCUT2D eigenvalue weighted by Crippen LogP contribution is -2.37. The van der Waals surface area contributed by atoms with Crippen LogP contribution in [0, 0.1) is 6.92 Å². The van der Waals surface area contributed by atoms with Crippen LogP contribution in [0.15, 0.2) is 60.7 Å². The lowest BCUT2D eigenvalue weighted by atomic mass is 10.1. The maximum Gasteiger partial charge on any atom is 0.251 e. The van der Waals surface area contributed by atoms with Crippen molar-refractivity contribution in [3.63, 3.8) is 0 Å². The number of carbonyl (C=O) groups excluding carboxylic acids is 2. The zero-order valence-corrected chi connectivity index (χ0v) is 16.4. The van der Waals surface area contributed by atoms with E-state index in [1.54, 1.807) is 31.2 Å². The van der Waals surface area contributed by atoms with E-state index in [9.17, 15) is 9.59 Å². The number of hydrogen-bond donors (Lipinski definition) is 1. The highest BCUT2D eigenvalue weighted by Crippen LogP contribution is 2.22. The number of likely N-dealkylation sites (N-methyl/N-ethyl adjacent to an activating group) is 1. The Bertz CT molecular complexity index is 996. The third-order valence-electron chi connectivity index (χ3n) is 4.67. The summed E-state index contributed by atoms with van der Waals surface area (Å²) in [6, 6.07) is 19.2. The molecule has 0 radical (unpaired) electrons. The molecule has 0 bridgehead atoms. The van der Waals surface area contributed by atoms with Gasteiger partial charge in [-0.25, -0.2) is 0 Å². The van der Waals surface area contributed by atoms with Crippen LogP contribution in [0.1, 0.15) is 21.5 Å². The molecule has 0 atom stereocenters. The number of aryl methyl sites for hydroxylation is 1. The van der Waals surface area contributed by atoms with Crippen molar-refractivity contribution in [3.05, 3.63) is 77.4 Å². The van der Waals surface area contributed by atoms with Crippen LogP contribution in [0.2, 0.25) is 0 Å². The average molecular weight is 376 g/mol. The Labute approximate surface area is 164 Å². The van der Waals surface area contributed by atoms with Crippen LogP contribution in [0.25, 0.3) is 10.8 Å². The van der Waals surface area contributed by atoms with Crippen LogP contribution in [-0.4, -0.2) is 37.4 Å². The number of rotatable bonds is 6. The number of carbonyl (C=O) groups is 2. The molecule has 0 fully saturated rings. The molecule has 0 aliphatic carbocycles. The highest BCUT2D eigenvalue weighted by Gasteiger charge is 2.12. The molecule has 3 aromatic carbocycles. The van der Waals surface area contributed by atoms with Crippen molar-refractivity contribution < 1.29 is 14.3 Å². The van der Waals surface area contributed by atoms with Gasteiger partial charge in [0.1, 0.15) is 5.75 Å². The van der Waals surface area contributed by atoms with E-state index in [2.05, 4.69) is 11.4 Å². The van der Waals surface area contributed by atoms with Crippen LogP contribution < -0.4 is 10.1 Å². The fourth-order valence-corrected chi connectivity index (χ4v) is 2.96. The lowest BCUT2D eigenvalue weighted by molar-refractivity contribution is -0.129. The van der Waals surface area contributed by atoms with E-state index in [1.807, 2.05) is 49.4 Å². The summed E-state index contributed by atoms with van der Waals surface area (Å²) in [6.07, 6.45) is 0. The number of nitrogens with zero attached hydrogens (tertiary/aromatic N) is 1. The zero-order valence-electron chi connectivity index (χ0n) is 16.4. The van der Waals surface area contributed by atoms with E-state index in [1.165, 1.54) is 0 Å². The van der Waals surface area contributed by atoms with Crippen molar-refractivity contribution in [1.82, 2.24) is 10.2 Å². The molecule has 3 aromatic rings. The van der Waals surface area contributed by atoms with Crippen molar-refractivity contribution >= 4 is 22.6 Å². The monoisotopic (exact) mass is 376 g/mol. The summed E-state index contributed by atoms with van der Waals surface area (Å²) >= 11 is 0. The van der Waals surface area contributed by atoms with E-state index in [4.69, 9.17) is 4.74 Å². The Morgan fingerprint density at radius 1 is 0.964 bits per heavy atom. The van der Waals surface area contributed by atoms with E-state index in [0.29, 0.717) is 12.1 Å². The van der Waals surface area contributed by atoms with Gasteiger partial charge >= 0.3 is 0 Å². The van der Waals surface area contributed by atoms with Crippen LogP contribution in [0.3, 0.4) is 0 Å². The lowest BCUT2D eigenvalue weighted by Gasteiger charge is -2.18. The summed E-state index contributed by atoms with van der Waals surface area (Å²) in [5.41, 5.74) is 2.66. The normalized spacial score (nSPS) is 10.5. The molecule has 28 heavy (non-hydrogen) atoms. The SMILES string of the molecule is COc1ccc2cc(CN(C)C(=O)CNC(=O)c3ccc(C)cc3)ccc2c1. The Kier molecular flexibility index (Phi) is 5.94. The van der Waals surface area contributed by atoms with Gasteiger partial charge in [-0.15, -0.1) is 0 Å². The van der Waals surface area contributed by atoms with Crippen molar-refractivity contribution in [3.8, 4) is 5.75 Å². The van der Waals surface area contributed by atoms with E-state index >= 15 is 0 Å². The quantitative estimate of drug-likeness (QED) is 0.716. The molecular formula is C23H24N2O3. The van der Waals surface area contributed by atoms with Crippen molar-refractivity contribution in [2.75, 3.05) is 20.7 Å². The zero-order chi connectivity index (χ0) is 20.1. The maximum atomic E-state index is 12.4. The van der Waals surface area contributed by atoms with Gasteiger partial charge in [-0.1, -0.05) is 35.9 Å². The first-order valence-electron chi connectivity index (χ1n) is 9.12. The molecule has 0 unspecified atom stereocenters. The van der Waals surface area contributed by atoms with Crippen molar-refractivity contribution in [2.24, 2.45) is 0 Å². The van der Waals surface area contributed by atoms with Gasteiger partial charge in [-0.2, -0.15) is 0 Å². The summed E-state index contributed by atoms with van der Waals surface area (Å²) in [5.74, 6) is 0.425. The summed E-state index contributed by atoms with van der Waals surface area (Å²) in [5, 5.41) is 4.86. The first-order chi connectivity index (χ1) is 13.5. The molecule has 144 valence electrons. The molecule has 2 amide bonds. The number of amides is 2. The predicted octanol–water partition coefficient (Wildman–Crippen LogP) is 3.55. The summed E-state index contributed by atoms with van der Waals surface area (Å²) in [7, 11) is 3.38. The Morgan fingerprint density at radius 3 is 2.36 bits per heavy atom. The molecule has 0 aromatic heterocycles. The first-order valence-corrected chi connectivity index (χ1v) is 9.12. The molecule has 5 heteroatoms. The van der Waals surface area contributed by atoms with Gasteiger partial charge in [0.15, 0.2) is 0 Å². The van der Waals surface area contributed by atoms with Gasteiger partial charge in [-0.05, 0) is 53.6 Å². The standard InChI is InChI=1S/C23H24N2O3/c1-16-4-7-18(8-5-16)23(27)24-14-22(26)25(2)15-17-6-9-20-13-21(28-3)11-10-19(20)12-17/h4-13H,14-15H2,1-3H3,(H,24,27). The second-order valence-electron chi connectivity index (χ2n) is 6.85. The van der Waals surface area contributed by atoms with E-state index in [-0.39, 0.29) is 18.4 Å². The third-order valence-corrected chi connectivity index (χ3v) is 4.67. The predicted molar refractivity (Wildman–Crippen MR) is 110 cm³/mol. The molecule has 3 rings (SSSR count). The number of fused-ring (bicyclic) bond motifs is 1. The number of ether oxygens (including phenoxy) is 1. The largest absolute Gasteiger partial charge is 0.497 e. The Balaban J connectivity index is 1.58. The highest BCUT2D eigenvalue weighted by atomic mass is 16.5. The molecule has 0 saturated heterocycles. The second kappa shape index (κ2) is 8.57. The number of methoxy groups -OCH3 is 1. The minimum absolute atomic E-state index is 0.0337. The minimum Gasteiger partial charge on any atom is -0.497 e. The molecule has 1 N–H and O–H groups in total. The van der Waals surface area contributed by atoms with E-state index < -0.39 is 0 Å². The fourth-order valence-electron chi connectivity index (χ4n) is 2.96. The average Bonchev–Trinajstić information content (AvgIpc) is 2.71. The van der Waals surface area contributed by atoms with Gasteiger partial charge in [0.2, 0.25) is 5.91 Å². The Morgan fingerprint density at radius 2 is 1.64 bits per heavy atom. The van der Waals surface area contributed by atoms with Gasteiger partial charge in [0.25, 0.3) is 5.91 Å². The highest BCUT2D eigenvalue weighted by molar-refractivity contribution is 5.96. The van der Waals surface area contributed by atoms with Crippen LogP contribution in [0.5, 0.6) is 5.75 Å². The fraction of sp³-hybridized carbons (Fsp3) is 0.217. The minimum atomic E-state index is -0.249. The van der Waals surface area contributed by atoms with Gasteiger partial charge < -0.3 is 15.0 Å². The van der Waals surface area contributed by atoms with Crippen LogP contribution in [0.4, 0.5) is 0 Å². The smallest absolute Gasteiger partial charge is 0.251 e. The topological polar surface area (TPSA) is 58.6 Å². The molecule has 0 heterocycles. The maximum absolute atomic E-state index is 12.4. The molecule has 0 aliphatic heterocycles. The molecule has 0 spiro atoms. The second-order valence-corrected chi connectivity index (χ2v) is 6.85. The van der Waals surface area contributed by atoms with Gasteiger partial charge in [-0.3, -0.25) is 9.59 Å². The molecule has 5 nitrogen and oxygen atoms in total. The number of hydrogen-bond acceptors (Lipinski definition) is 3. The first kappa shape index (κ1) is 19.4. The van der Waals surface area contributed by atoms with Crippen molar-refractivity contribution in [2.45, 2.75) is 13.5 Å². The molecule has 0 aliphatic rings. The van der Waals surface area contributed by atoms with Crippen molar-refractivity contribution in [1.29, 1.82) is 0 Å². The number of nitrogens with one attached hydrogen (secondary N) is 1. The molecular weight excluding hydrogens is 352 g/mol. The van der Waals surface area contributed by atoms with Crippen LogP contribution >= 0.6 is 0 Å². The third kappa shape index (κ3) is 4.68.